The maximum absolute atomic E-state index is 12.7. The van der Waals surface area contributed by atoms with Crippen molar-refractivity contribution in [2.75, 3.05) is 0 Å². The summed E-state index contributed by atoms with van der Waals surface area (Å²) in [6.45, 7) is 1.73. The number of pyridine rings is 1. The second kappa shape index (κ2) is 11.1. The third-order valence-electron chi connectivity index (χ3n) is 5.79. The van der Waals surface area contributed by atoms with E-state index in [9.17, 15) is 4.79 Å². The number of nitrogens with one attached hydrogen (secondary N) is 1. The molecule has 2 aromatic carbocycles. The predicted molar refractivity (Wildman–Crippen MR) is 140 cm³/mol. The van der Waals surface area contributed by atoms with Gasteiger partial charge in [0.05, 0.1) is 13.1 Å². The normalized spacial score (nSPS) is 11.1. The third-order valence-corrected chi connectivity index (χ3v) is 5.79. The molecule has 0 aliphatic heterocycles. The molecular weight excluding hydrogens is 448 g/mol. The highest BCUT2D eigenvalue weighted by Gasteiger charge is 2.11. The molecule has 0 aliphatic rings. The summed E-state index contributed by atoms with van der Waals surface area (Å²) >= 11 is 0. The first-order valence-electron chi connectivity index (χ1n) is 11.8. The van der Waals surface area contributed by atoms with Crippen molar-refractivity contribution in [3.05, 3.63) is 132 Å². The SMILES string of the molecule is O=C(/C=C/c1cn(Cc2ccccc2)nc1-c1cccnc1)NCc1ccccc1Cn1cccn1. The van der Waals surface area contributed by atoms with Crippen LogP contribution in [0.5, 0.6) is 0 Å². The number of carbonyl (C=O) groups excluding carboxylic acids is 1. The van der Waals surface area contributed by atoms with Gasteiger partial charge in [0, 0.05) is 54.7 Å². The van der Waals surface area contributed by atoms with Gasteiger partial charge in [0.2, 0.25) is 5.91 Å². The molecule has 36 heavy (non-hydrogen) atoms. The zero-order valence-corrected chi connectivity index (χ0v) is 19.7. The van der Waals surface area contributed by atoms with Crippen LogP contribution in [-0.4, -0.2) is 30.5 Å². The van der Waals surface area contributed by atoms with Crippen LogP contribution in [0.25, 0.3) is 17.3 Å². The van der Waals surface area contributed by atoms with Crippen molar-refractivity contribution < 1.29 is 4.79 Å². The Kier molecular flexibility index (Phi) is 7.09. The summed E-state index contributed by atoms with van der Waals surface area (Å²) in [4.78, 5) is 16.9. The molecule has 0 atom stereocenters. The topological polar surface area (TPSA) is 77.6 Å². The maximum atomic E-state index is 12.7. The van der Waals surface area contributed by atoms with Crippen LogP contribution in [0.15, 0.2) is 110 Å². The Morgan fingerprint density at radius 3 is 2.47 bits per heavy atom. The van der Waals surface area contributed by atoms with Gasteiger partial charge in [0.25, 0.3) is 0 Å². The third kappa shape index (κ3) is 5.82. The summed E-state index contributed by atoms with van der Waals surface area (Å²) in [6, 6.07) is 24.0. The van der Waals surface area contributed by atoms with Crippen molar-refractivity contribution in [2.45, 2.75) is 19.6 Å². The van der Waals surface area contributed by atoms with Crippen molar-refractivity contribution in [3.8, 4) is 11.3 Å². The van der Waals surface area contributed by atoms with Gasteiger partial charge in [0.15, 0.2) is 0 Å². The van der Waals surface area contributed by atoms with Gasteiger partial charge in [0.1, 0.15) is 5.69 Å². The van der Waals surface area contributed by atoms with Crippen molar-refractivity contribution in [1.29, 1.82) is 0 Å². The van der Waals surface area contributed by atoms with E-state index < -0.39 is 0 Å². The van der Waals surface area contributed by atoms with Crippen LogP contribution >= 0.6 is 0 Å². The highest BCUT2D eigenvalue weighted by molar-refractivity contribution is 5.92. The van der Waals surface area contributed by atoms with Gasteiger partial charge in [-0.1, -0.05) is 54.6 Å². The van der Waals surface area contributed by atoms with Crippen LogP contribution in [-0.2, 0) is 24.4 Å². The Morgan fingerprint density at radius 2 is 1.69 bits per heavy atom. The predicted octanol–water partition coefficient (Wildman–Crippen LogP) is 4.57. The van der Waals surface area contributed by atoms with E-state index in [1.807, 2.05) is 82.4 Å². The summed E-state index contributed by atoms with van der Waals surface area (Å²) in [5.41, 5.74) is 5.87. The van der Waals surface area contributed by atoms with E-state index in [2.05, 4.69) is 33.6 Å². The van der Waals surface area contributed by atoms with E-state index in [4.69, 9.17) is 5.10 Å². The fourth-order valence-corrected chi connectivity index (χ4v) is 4.00. The second-order valence-electron chi connectivity index (χ2n) is 8.38. The Hall–Kier alpha value is -4.78. The van der Waals surface area contributed by atoms with Crippen molar-refractivity contribution >= 4 is 12.0 Å². The standard InChI is InChI=1S/C29H26N6O/c36-28(31-19-24-10-4-5-11-26(24)21-34-17-7-16-32-34)14-13-27-22-35(20-23-8-2-1-3-9-23)33-29(27)25-12-6-15-30-18-25/h1-18,22H,19-21H2,(H,31,36)/b14-13+. The molecule has 0 saturated carbocycles. The molecule has 1 amide bonds. The number of rotatable bonds is 9. The van der Waals surface area contributed by atoms with E-state index in [0.717, 1.165) is 33.5 Å². The highest BCUT2D eigenvalue weighted by Crippen LogP contribution is 2.23. The highest BCUT2D eigenvalue weighted by atomic mass is 16.1. The van der Waals surface area contributed by atoms with E-state index >= 15 is 0 Å². The number of carbonyl (C=O) groups is 1. The molecule has 0 spiro atoms. The largest absolute Gasteiger partial charge is 0.348 e. The van der Waals surface area contributed by atoms with Gasteiger partial charge in [-0.2, -0.15) is 10.2 Å². The van der Waals surface area contributed by atoms with Crippen LogP contribution in [0.2, 0.25) is 0 Å². The molecule has 5 aromatic rings. The lowest BCUT2D eigenvalue weighted by molar-refractivity contribution is -0.116. The lowest BCUT2D eigenvalue weighted by Gasteiger charge is -2.10. The Labute approximate surface area is 209 Å². The maximum Gasteiger partial charge on any atom is 0.244 e. The Bertz CT molecular complexity index is 1440. The average Bonchev–Trinajstić information content (AvgIpc) is 3.58. The van der Waals surface area contributed by atoms with E-state index in [1.54, 1.807) is 24.7 Å². The van der Waals surface area contributed by atoms with E-state index in [0.29, 0.717) is 19.6 Å². The Morgan fingerprint density at radius 1 is 0.861 bits per heavy atom. The molecule has 7 heteroatoms. The summed E-state index contributed by atoms with van der Waals surface area (Å²) < 4.78 is 3.76. The second-order valence-corrected chi connectivity index (χ2v) is 8.38. The number of nitrogens with zero attached hydrogens (tertiary/aromatic N) is 5. The minimum absolute atomic E-state index is 0.170. The molecule has 0 radical (unpaired) electrons. The number of aromatic nitrogens is 5. The summed E-state index contributed by atoms with van der Waals surface area (Å²) in [7, 11) is 0. The van der Waals surface area contributed by atoms with Crippen LogP contribution in [0.3, 0.4) is 0 Å². The molecule has 0 saturated heterocycles. The fourth-order valence-electron chi connectivity index (χ4n) is 4.00. The van der Waals surface area contributed by atoms with Gasteiger partial charge in [-0.15, -0.1) is 0 Å². The first kappa shape index (κ1) is 23.0. The Balaban J connectivity index is 1.30. The van der Waals surface area contributed by atoms with E-state index in [-0.39, 0.29) is 5.91 Å². The minimum Gasteiger partial charge on any atom is -0.348 e. The number of hydrogen-bond acceptors (Lipinski definition) is 4. The zero-order chi connectivity index (χ0) is 24.6. The molecule has 0 bridgehead atoms. The molecule has 3 heterocycles. The molecule has 0 aliphatic carbocycles. The van der Waals surface area contributed by atoms with Gasteiger partial charge >= 0.3 is 0 Å². The monoisotopic (exact) mass is 474 g/mol. The minimum atomic E-state index is -0.170. The van der Waals surface area contributed by atoms with Crippen LogP contribution in [0.1, 0.15) is 22.3 Å². The first-order chi connectivity index (χ1) is 17.7. The van der Waals surface area contributed by atoms with Crippen LogP contribution in [0, 0.1) is 0 Å². The summed E-state index contributed by atoms with van der Waals surface area (Å²) in [5, 5.41) is 12.1. The number of hydrogen-bond donors (Lipinski definition) is 1. The van der Waals surface area contributed by atoms with Gasteiger partial charge in [-0.3, -0.25) is 19.1 Å². The molecule has 3 aromatic heterocycles. The summed E-state index contributed by atoms with van der Waals surface area (Å²) in [6.07, 6.45) is 12.5. The quantitative estimate of drug-likeness (QED) is 0.318. The van der Waals surface area contributed by atoms with Crippen molar-refractivity contribution in [3.63, 3.8) is 0 Å². The molecule has 5 rings (SSSR count). The van der Waals surface area contributed by atoms with E-state index in [1.165, 1.54) is 0 Å². The molecule has 7 nitrogen and oxygen atoms in total. The smallest absolute Gasteiger partial charge is 0.244 e. The van der Waals surface area contributed by atoms with Crippen LogP contribution < -0.4 is 5.32 Å². The molecule has 1 N–H and O–H groups in total. The average molecular weight is 475 g/mol. The zero-order valence-electron chi connectivity index (χ0n) is 19.7. The first-order valence-corrected chi connectivity index (χ1v) is 11.8. The lowest BCUT2D eigenvalue weighted by atomic mass is 10.1. The lowest BCUT2D eigenvalue weighted by Crippen LogP contribution is -2.21. The van der Waals surface area contributed by atoms with Gasteiger partial charge in [-0.05, 0) is 41.0 Å². The number of benzene rings is 2. The van der Waals surface area contributed by atoms with Crippen LogP contribution in [0.4, 0.5) is 0 Å². The summed E-state index contributed by atoms with van der Waals surface area (Å²) in [5.74, 6) is -0.170. The van der Waals surface area contributed by atoms with Crippen molar-refractivity contribution in [1.82, 2.24) is 29.9 Å². The fraction of sp³-hybridized carbons (Fsp3) is 0.103. The molecule has 0 fully saturated rings. The van der Waals surface area contributed by atoms with Gasteiger partial charge < -0.3 is 5.32 Å². The van der Waals surface area contributed by atoms with Gasteiger partial charge in [-0.25, -0.2) is 0 Å². The molecule has 0 unspecified atom stereocenters. The molecular formula is C29H26N6O. The number of amides is 1. The van der Waals surface area contributed by atoms with Crippen molar-refractivity contribution in [2.24, 2.45) is 0 Å². The molecule has 178 valence electrons.